The molecule has 1 aromatic heterocycles. The summed E-state index contributed by atoms with van der Waals surface area (Å²) in [6.07, 6.45) is -4.44. The van der Waals surface area contributed by atoms with E-state index in [1.54, 1.807) is 0 Å². The van der Waals surface area contributed by atoms with E-state index in [-0.39, 0.29) is 11.6 Å². The zero-order valence-corrected chi connectivity index (χ0v) is 8.97. The third kappa shape index (κ3) is 2.34. The number of hydrogen-bond donors (Lipinski definition) is 1. The highest BCUT2D eigenvalue weighted by Crippen LogP contribution is 2.40. The highest BCUT2D eigenvalue weighted by Gasteiger charge is 2.51. The first-order chi connectivity index (χ1) is 7.14. The first-order valence-electron chi connectivity index (χ1n) is 4.46. The van der Waals surface area contributed by atoms with E-state index in [1.807, 2.05) is 0 Å². The molecule has 0 fully saturated rings. The minimum atomic E-state index is -4.44. The fraction of sp³-hybridized carbons (Fsp3) is 0.556. The van der Waals surface area contributed by atoms with E-state index >= 15 is 0 Å². The van der Waals surface area contributed by atoms with Gasteiger partial charge in [-0.3, -0.25) is 4.79 Å². The predicted molar refractivity (Wildman–Crippen MR) is 49.9 cm³/mol. The zero-order valence-electron chi connectivity index (χ0n) is 8.97. The molecule has 0 spiro atoms. The minimum Gasteiger partial charge on any atom is -0.358 e. The average molecular weight is 236 g/mol. The van der Waals surface area contributed by atoms with Gasteiger partial charge in [0, 0.05) is 13.0 Å². The Morgan fingerprint density at radius 3 is 2.44 bits per heavy atom. The smallest absolute Gasteiger partial charge is 0.358 e. The number of alkyl halides is 3. The third-order valence-electron chi connectivity index (χ3n) is 2.14. The van der Waals surface area contributed by atoms with Crippen LogP contribution >= 0.6 is 0 Å². The van der Waals surface area contributed by atoms with Gasteiger partial charge in [0.2, 0.25) is 5.91 Å². The maximum absolute atomic E-state index is 12.6. The largest absolute Gasteiger partial charge is 0.401 e. The quantitative estimate of drug-likeness (QED) is 0.858. The Balaban J connectivity index is 2.98. The Morgan fingerprint density at radius 1 is 1.44 bits per heavy atom. The number of rotatable bonds is 2. The Hall–Kier alpha value is -1.53. The standard InChI is InChI=1S/C9H11F3N2O2/c1-5(15)13-7-4-6(16-14-7)8(2,3)9(10,11)12/h4H,1-3H3,(H,13,14,15). The molecule has 1 rings (SSSR count). The lowest BCUT2D eigenvalue weighted by atomic mass is 9.89. The van der Waals surface area contributed by atoms with Crippen molar-refractivity contribution in [2.75, 3.05) is 5.32 Å². The first-order valence-corrected chi connectivity index (χ1v) is 4.46. The monoisotopic (exact) mass is 236 g/mol. The van der Waals surface area contributed by atoms with E-state index in [0.717, 1.165) is 19.9 Å². The average Bonchev–Trinajstić information content (AvgIpc) is 2.49. The molecule has 0 bridgehead atoms. The Morgan fingerprint density at radius 2 is 2.00 bits per heavy atom. The van der Waals surface area contributed by atoms with Gasteiger partial charge in [0.25, 0.3) is 0 Å². The number of hydrogen-bond acceptors (Lipinski definition) is 3. The topological polar surface area (TPSA) is 55.1 Å². The van der Waals surface area contributed by atoms with Gasteiger partial charge in [0.15, 0.2) is 11.6 Å². The van der Waals surface area contributed by atoms with Crippen molar-refractivity contribution in [3.05, 3.63) is 11.8 Å². The van der Waals surface area contributed by atoms with Crippen LogP contribution in [0, 0.1) is 0 Å². The summed E-state index contributed by atoms with van der Waals surface area (Å²) in [5.41, 5.74) is -2.14. The molecule has 7 heteroatoms. The van der Waals surface area contributed by atoms with Gasteiger partial charge in [0.05, 0.1) is 0 Å². The molecule has 1 aromatic rings. The van der Waals surface area contributed by atoms with E-state index in [9.17, 15) is 18.0 Å². The molecule has 0 saturated heterocycles. The molecule has 0 aliphatic heterocycles. The molecule has 0 unspecified atom stereocenters. The number of nitrogens with zero attached hydrogens (tertiary/aromatic N) is 1. The molecule has 4 nitrogen and oxygen atoms in total. The summed E-state index contributed by atoms with van der Waals surface area (Å²) in [5.74, 6) is -0.798. The van der Waals surface area contributed by atoms with E-state index in [0.29, 0.717) is 0 Å². The normalized spacial score (nSPS) is 12.6. The van der Waals surface area contributed by atoms with Crippen LogP contribution in [0.1, 0.15) is 26.5 Å². The van der Waals surface area contributed by atoms with E-state index in [4.69, 9.17) is 0 Å². The molecule has 90 valence electrons. The molecule has 1 N–H and O–H groups in total. The van der Waals surface area contributed by atoms with Gasteiger partial charge in [-0.15, -0.1) is 0 Å². The first kappa shape index (κ1) is 12.5. The fourth-order valence-corrected chi connectivity index (χ4v) is 0.949. The van der Waals surface area contributed by atoms with Gasteiger partial charge in [-0.05, 0) is 13.8 Å². The van der Waals surface area contributed by atoms with Gasteiger partial charge in [-0.2, -0.15) is 13.2 Å². The molecular formula is C9H11F3N2O2. The molecule has 0 saturated carbocycles. The number of amides is 1. The molecule has 1 amide bonds. The Kier molecular flexibility index (Phi) is 2.98. The van der Waals surface area contributed by atoms with Gasteiger partial charge in [0.1, 0.15) is 5.41 Å². The van der Waals surface area contributed by atoms with Gasteiger partial charge < -0.3 is 9.84 Å². The van der Waals surface area contributed by atoms with Crippen LogP contribution in [0.25, 0.3) is 0 Å². The van der Waals surface area contributed by atoms with Crippen molar-refractivity contribution in [3.63, 3.8) is 0 Å². The van der Waals surface area contributed by atoms with Crippen molar-refractivity contribution >= 4 is 11.7 Å². The van der Waals surface area contributed by atoms with Crippen LogP contribution in [0.15, 0.2) is 10.6 Å². The summed E-state index contributed by atoms with van der Waals surface area (Å²) in [7, 11) is 0. The summed E-state index contributed by atoms with van der Waals surface area (Å²) in [5, 5.41) is 5.57. The maximum Gasteiger partial charge on any atom is 0.401 e. The lowest BCUT2D eigenvalue weighted by Gasteiger charge is -2.24. The van der Waals surface area contributed by atoms with Crippen LogP contribution in [0.2, 0.25) is 0 Å². The highest BCUT2D eigenvalue weighted by molar-refractivity contribution is 5.87. The van der Waals surface area contributed by atoms with Crippen molar-refractivity contribution in [2.45, 2.75) is 32.4 Å². The predicted octanol–water partition coefficient (Wildman–Crippen LogP) is 2.47. The molecule has 0 radical (unpaired) electrons. The Labute approximate surface area is 89.8 Å². The summed E-state index contributed by atoms with van der Waals surface area (Å²) < 4.78 is 42.4. The number of aromatic nitrogens is 1. The zero-order chi connectivity index (χ0) is 12.6. The van der Waals surface area contributed by atoms with Gasteiger partial charge in [-0.1, -0.05) is 5.16 Å². The van der Waals surface area contributed by atoms with Gasteiger partial charge >= 0.3 is 6.18 Å². The van der Waals surface area contributed by atoms with E-state index in [2.05, 4.69) is 15.0 Å². The maximum atomic E-state index is 12.6. The van der Waals surface area contributed by atoms with Crippen molar-refractivity contribution in [1.82, 2.24) is 5.16 Å². The number of halogens is 3. The fourth-order valence-electron chi connectivity index (χ4n) is 0.949. The summed E-state index contributed by atoms with van der Waals surface area (Å²) in [6.45, 7) is 3.18. The summed E-state index contributed by atoms with van der Waals surface area (Å²) in [6, 6.07) is 1.06. The lowest BCUT2D eigenvalue weighted by molar-refractivity contribution is -0.185. The molecular weight excluding hydrogens is 225 g/mol. The minimum absolute atomic E-state index is 0.0279. The van der Waals surface area contributed by atoms with Crippen LogP contribution < -0.4 is 5.32 Å². The van der Waals surface area contributed by atoms with Crippen molar-refractivity contribution in [3.8, 4) is 0 Å². The number of carbonyl (C=O) groups excluding carboxylic acids is 1. The van der Waals surface area contributed by atoms with Crippen LogP contribution in [0.4, 0.5) is 19.0 Å². The second-order valence-electron chi connectivity index (χ2n) is 3.88. The molecule has 1 heterocycles. The molecule has 0 aliphatic carbocycles. The molecule has 0 aliphatic rings. The second kappa shape index (κ2) is 3.80. The van der Waals surface area contributed by atoms with Crippen molar-refractivity contribution in [2.24, 2.45) is 0 Å². The van der Waals surface area contributed by atoms with Crippen molar-refractivity contribution < 1.29 is 22.5 Å². The van der Waals surface area contributed by atoms with E-state index < -0.39 is 17.5 Å². The summed E-state index contributed by atoms with van der Waals surface area (Å²) in [4.78, 5) is 10.7. The second-order valence-corrected chi connectivity index (χ2v) is 3.88. The number of nitrogens with one attached hydrogen (secondary N) is 1. The summed E-state index contributed by atoms with van der Waals surface area (Å²) >= 11 is 0. The van der Waals surface area contributed by atoms with Crippen molar-refractivity contribution in [1.29, 1.82) is 0 Å². The molecule has 0 aromatic carbocycles. The number of anilines is 1. The van der Waals surface area contributed by atoms with Crippen LogP contribution in [-0.4, -0.2) is 17.2 Å². The van der Waals surface area contributed by atoms with Crippen LogP contribution in [0.3, 0.4) is 0 Å². The van der Waals surface area contributed by atoms with E-state index in [1.165, 1.54) is 6.92 Å². The highest BCUT2D eigenvalue weighted by atomic mass is 19.4. The number of carbonyl (C=O) groups is 1. The Bertz CT molecular complexity index is 396. The molecule has 16 heavy (non-hydrogen) atoms. The third-order valence-corrected chi connectivity index (χ3v) is 2.14. The SMILES string of the molecule is CC(=O)Nc1cc(C(C)(C)C(F)(F)F)on1. The molecule has 0 atom stereocenters. The van der Waals surface area contributed by atoms with Crippen LogP contribution in [0.5, 0.6) is 0 Å². The van der Waals surface area contributed by atoms with Crippen LogP contribution in [-0.2, 0) is 10.2 Å². The van der Waals surface area contributed by atoms with Gasteiger partial charge in [-0.25, -0.2) is 0 Å². The lowest BCUT2D eigenvalue weighted by Crippen LogP contribution is -2.35.